The lowest BCUT2D eigenvalue weighted by Gasteiger charge is -2.17. The van der Waals surface area contributed by atoms with Gasteiger partial charge in [-0.15, -0.1) is 0 Å². The van der Waals surface area contributed by atoms with Crippen molar-refractivity contribution in [3.05, 3.63) is 33.7 Å². The van der Waals surface area contributed by atoms with E-state index in [-0.39, 0.29) is 10.5 Å². The molecule has 0 spiro atoms. The van der Waals surface area contributed by atoms with Crippen LogP contribution in [0.4, 0.5) is 0 Å². The van der Waals surface area contributed by atoms with Crippen LogP contribution in [0.5, 0.6) is 0 Å². The van der Waals surface area contributed by atoms with Gasteiger partial charge in [-0.3, -0.25) is 4.79 Å². The van der Waals surface area contributed by atoms with Crippen molar-refractivity contribution >= 4 is 17.2 Å². The first-order valence-corrected chi connectivity index (χ1v) is 6.42. The Hall–Kier alpha value is -1.16. The first-order valence-electron chi connectivity index (χ1n) is 6.01. The molecule has 0 aromatic carbocycles. The van der Waals surface area contributed by atoms with Gasteiger partial charge in [0.2, 0.25) is 0 Å². The molecule has 0 bridgehead atoms. The third-order valence-electron chi connectivity index (χ3n) is 3.25. The van der Waals surface area contributed by atoms with Gasteiger partial charge in [-0.25, -0.2) is 0 Å². The van der Waals surface area contributed by atoms with Crippen LogP contribution >= 0.6 is 12.2 Å². The predicted octanol–water partition coefficient (Wildman–Crippen LogP) is 2.23. The number of nitrogens with two attached hydrogens (primary N) is 1. The van der Waals surface area contributed by atoms with Crippen LogP contribution in [0.25, 0.3) is 0 Å². The van der Waals surface area contributed by atoms with Crippen LogP contribution in [0, 0.1) is 12.8 Å². The van der Waals surface area contributed by atoms with Crippen LogP contribution in [-0.4, -0.2) is 9.56 Å². The van der Waals surface area contributed by atoms with Crippen molar-refractivity contribution in [2.24, 2.45) is 11.7 Å². The number of aromatic nitrogens is 1. The lowest BCUT2D eigenvalue weighted by atomic mass is 10.0. The largest absolute Gasteiger partial charge is 0.389 e. The van der Waals surface area contributed by atoms with Crippen LogP contribution in [0.1, 0.15) is 37.9 Å². The zero-order valence-electron chi connectivity index (χ0n) is 10.7. The van der Waals surface area contributed by atoms with Gasteiger partial charge in [-0.1, -0.05) is 38.9 Å². The maximum absolute atomic E-state index is 12.2. The molecule has 0 saturated heterocycles. The highest BCUT2D eigenvalue weighted by atomic mass is 32.1. The SMILES string of the molecule is CCC(CC)Cn1c(C)ccc(C(N)=S)c1=O. The molecule has 3 nitrogen and oxygen atoms in total. The third-order valence-corrected chi connectivity index (χ3v) is 3.47. The number of hydrogen-bond donors (Lipinski definition) is 1. The molecule has 17 heavy (non-hydrogen) atoms. The van der Waals surface area contributed by atoms with E-state index in [1.807, 2.05) is 13.0 Å². The predicted molar refractivity (Wildman–Crippen MR) is 75.4 cm³/mol. The molecule has 94 valence electrons. The Morgan fingerprint density at radius 1 is 1.41 bits per heavy atom. The van der Waals surface area contributed by atoms with Gasteiger partial charge in [0, 0.05) is 12.2 Å². The summed E-state index contributed by atoms with van der Waals surface area (Å²) in [6.45, 7) is 6.97. The van der Waals surface area contributed by atoms with E-state index >= 15 is 0 Å². The summed E-state index contributed by atoms with van der Waals surface area (Å²) in [5.74, 6) is 0.521. The average molecular weight is 252 g/mol. The molecule has 1 aromatic heterocycles. The van der Waals surface area contributed by atoms with Gasteiger partial charge in [-0.05, 0) is 25.0 Å². The highest BCUT2D eigenvalue weighted by molar-refractivity contribution is 7.80. The lowest BCUT2D eigenvalue weighted by molar-refractivity contribution is 0.407. The number of nitrogens with zero attached hydrogens (tertiary/aromatic N) is 1. The molecule has 0 saturated carbocycles. The zero-order chi connectivity index (χ0) is 13.0. The molecule has 0 unspecified atom stereocenters. The van der Waals surface area contributed by atoms with Crippen molar-refractivity contribution in [1.29, 1.82) is 0 Å². The summed E-state index contributed by atoms with van der Waals surface area (Å²) in [6, 6.07) is 3.61. The number of aryl methyl sites for hydroxylation is 1. The molecular formula is C13H20N2OS. The summed E-state index contributed by atoms with van der Waals surface area (Å²) in [5, 5.41) is 0. The van der Waals surface area contributed by atoms with Gasteiger partial charge >= 0.3 is 0 Å². The maximum atomic E-state index is 12.2. The Labute approximate surface area is 108 Å². The molecule has 0 aliphatic heterocycles. The zero-order valence-corrected chi connectivity index (χ0v) is 11.5. The lowest BCUT2D eigenvalue weighted by Crippen LogP contribution is -2.32. The van der Waals surface area contributed by atoms with Crippen molar-refractivity contribution in [2.75, 3.05) is 0 Å². The summed E-state index contributed by atoms with van der Waals surface area (Å²) in [5.41, 5.74) is 6.88. The molecule has 4 heteroatoms. The molecule has 1 rings (SSSR count). The molecule has 0 radical (unpaired) electrons. The Kier molecular flexibility index (Phi) is 4.87. The van der Waals surface area contributed by atoms with E-state index in [1.165, 1.54) is 0 Å². The van der Waals surface area contributed by atoms with Crippen molar-refractivity contribution < 1.29 is 0 Å². The fourth-order valence-corrected chi connectivity index (χ4v) is 2.05. The monoisotopic (exact) mass is 252 g/mol. The number of hydrogen-bond acceptors (Lipinski definition) is 2. The van der Waals surface area contributed by atoms with E-state index in [9.17, 15) is 4.79 Å². The molecule has 1 aromatic rings. The van der Waals surface area contributed by atoms with E-state index < -0.39 is 0 Å². The van der Waals surface area contributed by atoms with Crippen molar-refractivity contribution in [1.82, 2.24) is 4.57 Å². The van der Waals surface area contributed by atoms with Gasteiger partial charge < -0.3 is 10.3 Å². The van der Waals surface area contributed by atoms with Gasteiger partial charge in [0.1, 0.15) is 4.99 Å². The summed E-state index contributed by atoms with van der Waals surface area (Å²) >= 11 is 4.89. The summed E-state index contributed by atoms with van der Waals surface area (Å²) in [7, 11) is 0. The first-order chi connectivity index (χ1) is 8.01. The van der Waals surface area contributed by atoms with E-state index in [4.69, 9.17) is 18.0 Å². The minimum Gasteiger partial charge on any atom is -0.389 e. The van der Waals surface area contributed by atoms with Gasteiger partial charge in [-0.2, -0.15) is 0 Å². The second-order valence-corrected chi connectivity index (χ2v) is 4.79. The van der Waals surface area contributed by atoms with Crippen LogP contribution in [0.15, 0.2) is 16.9 Å². The maximum Gasteiger partial charge on any atom is 0.260 e. The Morgan fingerprint density at radius 2 is 2.00 bits per heavy atom. The fourth-order valence-electron chi connectivity index (χ4n) is 1.89. The third kappa shape index (κ3) is 3.16. The topological polar surface area (TPSA) is 48.0 Å². The van der Waals surface area contributed by atoms with Crippen molar-refractivity contribution in [3.63, 3.8) is 0 Å². The summed E-state index contributed by atoms with van der Waals surface area (Å²) < 4.78 is 1.78. The minimum atomic E-state index is -0.0654. The number of rotatable bonds is 5. The van der Waals surface area contributed by atoms with Gasteiger partial charge in [0.25, 0.3) is 5.56 Å². The molecular weight excluding hydrogens is 232 g/mol. The summed E-state index contributed by atoms with van der Waals surface area (Å²) in [6.07, 6.45) is 2.14. The quantitative estimate of drug-likeness (QED) is 0.817. The Bertz CT molecular complexity index is 461. The second-order valence-electron chi connectivity index (χ2n) is 4.35. The van der Waals surface area contributed by atoms with Gasteiger partial charge in [0.15, 0.2) is 0 Å². The molecule has 0 fully saturated rings. The van der Waals surface area contributed by atoms with Crippen LogP contribution in [-0.2, 0) is 6.54 Å². The molecule has 0 atom stereocenters. The minimum absolute atomic E-state index is 0.0654. The number of thiocarbonyl (C=S) groups is 1. The highest BCUT2D eigenvalue weighted by Gasteiger charge is 2.11. The second kappa shape index (κ2) is 5.96. The molecule has 0 aliphatic rings. The van der Waals surface area contributed by atoms with E-state index in [1.54, 1.807) is 10.6 Å². The molecule has 1 heterocycles. The first kappa shape index (κ1) is 13.9. The Balaban J connectivity index is 3.18. The summed E-state index contributed by atoms with van der Waals surface area (Å²) in [4.78, 5) is 12.4. The standard InChI is InChI=1S/C13H20N2OS/c1-4-10(5-2)8-15-9(3)6-7-11(12(14)17)13(15)16/h6-7,10H,4-5,8H2,1-3H3,(H2,14,17). The highest BCUT2D eigenvalue weighted by Crippen LogP contribution is 2.11. The fraction of sp³-hybridized carbons (Fsp3) is 0.538. The molecule has 0 amide bonds. The molecule has 0 aliphatic carbocycles. The van der Waals surface area contributed by atoms with Crippen LogP contribution in [0.2, 0.25) is 0 Å². The van der Waals surface area contributed by atoms with Gasteiger partial charge in [0.05, 0.1) is 5.56 Å². The van der Waals surface area contributed by atoms with Crippen LogP contribution < -0.4 is 11.3 Å². The molecule has 2 N–H and O–H groups in total. The van der Waals surface area contributed by atoms with Crippen LogP contribution in [0.3, 0.4) is 0 Å². The average Bonchev–Trinajstić information content (AvgIpc) is 2.29. The van der Waals surface area contributed by atoms with Crippen molar-refractivity contribution in [2.45, 2.75) is 40.2 Å². The normalized spacial score (nSPS) is 10.8. The Morgan fingerprint density at radius 3 is 2.47 bits per heavy atom. The van der Waals surface area contributed by atoms with E-state index in [0.29, 0.717) is 11.5 Å². The van der Waals surface area contributed by atoms with E-state index in [2.05, 4.69) is 13.8 Å². The number of pyridine rings is 1. The van der Waals surface area contributed by atoms with E-state index in [0.717, 1.165) is 25.1 Å². The van der Waals surface area contributed by atoms with Crippen molar-refractivity contribution in [3.8, 4) is 0 Å². The smallest absolute Gasteiger partial charge is 0.260 e.